The lowest BCUT2D eigenvalue weighted by atomic mass is 9.74. The van der Waals surface area contributed by atoms with E-state index in [0.717, 1.165) is 48.7 Å². The van der Waals surface area contributed by atoms with Gasteiger partial charge in [-0.2, -0.15) is 0 Å². The van der Waals surface area contributed by atoms with Crippen molar-refractivity contribution in [3.63, 3.8) is 0 Å². The van der Waals surface area contributed by atoms with Crippen LogP contribution in [0.4, 0.5) is 19.3 Å². The van der Waals surface area contributed by atoms with Gasteiger partial charge >= 0.3 is 6.03 Å². The van der Waals surface area contributed by atoms with Gasteiger partial charge in [-0.25, -0.2) is 13.6 Å². The summed E-state index contributed by atoms with van der Waals surface area (Å²) in [6, 6.07) is 10.7. The maximum Gasteiger partial charge on any atom is 0.321 e. The van der Waals surface area contributed by atoms with Crippen LogP contribution in [-0.4, -0.2) is 84.8 Å². The van der Waals surface area contributed by atoms with Gasteiger partial charge in [-0.1, -0.05) is 24.0 Å². The third-order valence-electron chi connectivity index (χ3n) is 6.75. The Labute approximate surface area is 205 Å². The van der Waals surface area contributed by atoms with Gasteiger partial charge < -0.3 is 15.3 Å². The number of carbonyl (C=O) groups excluding carboxylic acids is 1. The largest absolute Gasteiger partial charge is 0.395 e. The second kappa shape index (κ2) is 11.2. The third kappa shape index (κ3) is 5.81. The molecule has 2 aromatic rings. The summed E-state index contributed by atoms with van der Waals surface area (Å²) in [5.74, 6) is 5.06. The molecule has 35 heavy (non-hydrogen) atoms. The molecule has 3 atom stereocenters. The first-order chi connectivity index (χ1) is 16.9. The van der Waals surface area contributed by atoms with Crippen LogP contribution in [0.5, 0.6) is 0 Å². The fourth-order valence-corrected chi connectivity index (χ4v) is 5.00. The molecule has 2 aromatic carbocycles. The number of hydrogen-bond donors (Lipinski definition) is 2. The van der Waals surface area contributed by atoms with Gasteiger partial charge in [-0.15, -0.1) is 0 Å². The van der Waals surface area contributed by atoms with Crippen molar-refractivity contribution < 1.29 is 18.7 Å². The molecule has 4 rings (SSSR count). The molecule has 0 aliphatic carbocycles. The first kappa shape index (κ1) is 25.1. The number of nitrogens with one attached hydrogen (secondary N) is 1. The van der Waals surface area contributed by atoms with Crippen molar-refractivity contribution in [1.82, 2.24) is 14.7 Å². The van der Waals surface area contributed by atoms with E-state index in [-0.39, 0.29) is 30.3 Å². The highest BCUT2D eigenvalue weighted by Crippen LogP contribution is 2.42. The second-order valence-corrected chi connectivity index (χ2v) is 9.45. The Hall–Kier alpha value is -2.99. The number of amides is 2. The first-order valence-electron chi connectivity index (χ1n) is 12.0. The van der Waals surface area contributed by atoms with E-state index >= 15 is 0 Å². The average molecular weight is 483 g/mol. The Morgan fingerprint density at radius 2 is 1.89 bits per heavy atom. The zero-order valence-electron chi connectivity index (χ0n) is 20.2. The van der Waals surface area contributed by atoms with E-state index in [2.05, 4.69) is 34.2 Å². The number of carbonyl (C=O) groups is 1. The lowest BCUT2D eigenvalue weighted by Crippen LogP contribution is -2.68. The molecule has 0 bridgehead atoms. The number of rotatable bonds is 4. The second-order valence-electron chi connectivity index (χ2n) is 9.45. The molecule has 2 fully saturated rings. The van der Waals surface area contributed by atoms with Crippen LogP contribution < -0.4 is 5.32 Å². The molecule has 2 N–H and O–H groups in total. The fourth-order valence-electron chi connectivity index (χ4n) is 5.00. The Kier molecular flexibility index (Phi) is 8.01. The van der Waals surface area contributed by atoms with E-state index in [0.29, 0.717) is 19.6 Å². The summed E-state index contributed by atoms with van der Waals surface area (Å²) in [6.45, 7) is 2.55. The topological polar surface area (TPSA) is 59.1 Å². The predicted molar refractivity (Wildman–Crippen MR) is 132 cm³/mol. The molecule has 0 saturated carbocycles. The SMILES string of the molecule is CN(C)CC#Cc1ccc([C@@H]2[C@H](CO)N3CCCCN(C(=O)Nc4cc(F)ccc4F)C[C@@H]23)cc1. The lowest BCUT2D eigenvalue weighted by molar-refractivity contribution is -0.0585. The molecule has 0 unspecified atom stereocenters. The van der Waals surface area contributed by atoms with E-state index < -0.39 is 17.7 Å². The average Bonchev–Trinajstić information content (AvgIpc) is 2.81. The number of anilines is 1. The summed E-state index contributed by atoms with van der Waals surface area (Å²) < 4.78 is 27.6. The highest BCUT2D eigenvalue weighted by Gasteiger charge is 2.49. The summed E-state index contributed by atoms with van der Waals surface area (Å²) >= 11 is 0. The van der Waals surface area contributed by atoms with Gasteiger partial charge in [0.1, 0.15) is 11.6 Å². The van der Waals surface area contributed by atoms with Gasteiger partial charge in [0, 0.05) is 42.7 Å². The molecular weight excluding hydrogens is 450 g/mol. The number of benzene rings is 2. The van der Waals surface area contributed by atoms with Crippen molar-refractivity contribution in [2.75, 3.05) is 52.2 Å². The Bertz CT molecular complexity index is 1100. The van der Waals surface area contributed by atoms with Crippen LogP contribution in [0.3, 0.4) is 0 Å². The standard InChI is InChI=1S/C27H32F2N4O2/c1-31(2)13-5-6-19-7-9-20(10-8-19)26-24-17-32(14-3-4-15-33(24)25(26)18-34)27(35)30-23-16-21(28)11-12-22(23)29/h7-12,16,24-26,34H,3-4,13-15,17-18H2,1-2H3,(H,30,35)/t24-,25-,26-/m0/s1. The highest BCUT2D eigenvalue weighted by molar-refractivity contribution is 5.89. The summed E-state index contributed by atoms with van der Waals surface area (Å²) in [7, 11) is 3.95. The van der Waals surface area contributed by atoms with Gasteiger partial charge in [0.2, 0.25) is 0 Å². The van der Waals surface area contributed by atoms with E-state index in [1.165, 1.54) is 0 Å². The summed E-state index contributed by atoms with van der Waals surface area (Å²) in [4.78, 5) is 18.9. The van der Waals surface area contributed by atoms with Crippen LogP contribution in [0.15, 0.2) is 42.5 Å². The molecule has 2 saturated heterocycles. The molecule has 2 aliphatic rings. The number of fused-ring (bicyclic) bond motifs is 1. The minimum atomic E-state index is -0.677. The predicted octanol–water partition coefficient (Wildman–Crippen LogP) is 3.33. The molecule has 0 spiro atoms. The number of nitrogens with zero attached hydrogens (tertiary/aromatic N) is 3. The van der Waals surface area contributed by atoms with Crippen molar-refractivity contribution in [3.05, 3.63) is 65.2 Å². The Morgan fingerprint density at radius 1 is 1.14 bits per heavy atom. The summed E-state index contributed by atoms with van der Waals surface area (Å²) in [5.41, 5.74) is 1.86. The maximum atomic E-state index is 14.1. The zero-order chi connectivity index (χ0) is 24.9. The molecule has 0 radical (unpaired) electrons. The molecular formula is C27H32F2N4O2. The molecule has 6 nitrogen and oxygen atoms in total. The Morgan fingerprint density at radius 3 is 2.60 bits per heavy atom. The van der Waals surface area contributed by atoms with Crippen molar-refractivity contribution in [3.8, 4) is 11.8 Å². The molecule has 2 heterocycles. The van der Waals surface area contributed by atoms with Crippen LogP contribution in [0.2, 0.25) is 0 Å². The lowest BCUT2D eigenvalue weighted by Gasteiger charge is -2.57. The monoisotopic (exact) mass is 482 g/mol. The van der Waals surface area contributed by atoms with Gasteiger partial charge in [-0.05, 0) is 63.3 Å². The minimum Gasteiger partial charge on any atom is -0.395 e. The van der Waals surface area contributed by atoms with Gasteiger partial charge in [0.05, 0.1) is 18.8 Å². The molecule has 2 amide bonds. The number of halogens is 2. The number of hydrogen-bond acceptors (Lipinski definition) is 4. The van der Waals surface area contributed by atoms with Crippen LogP contribution >= 0.6 is 0 Å². The highest BCUT2D eigenvalue weighted by atomic mass is 19.1. The van der Waals surface area contributed by atoms with E-state index in [4.69, 9.17) is 0 Å². The molecule has 2 aliphatic heterocycles. The van der Waals surface area contributed by atoms with Crippen LogP contribution in [0.1, 0.15) is 29.9 Å². The number of aliphatic hydroxyl groups excluding tert-OH is 1. The van der Waals surface area contributed by atoms with Gasteiger partial charge in [0.25, 0.3) is 0 Å². The van der Waals surface area contributed by atoms with Crippen molar-refractivity contribution >= 4 is 11.7 Å². The van der Waals surface area contributed by atoms with Crippen LogP contribution in [-0.2, 0) is 0 Å². The zero-order valence-corrected chi connectivity index (χ0v) is 20.2. The van der Waals surface area contributed by atoms with Crippen LogP contribution in [0, 0.1) is 23.5 Å². The van der Waals surface area contributed by atoms with Crippen molar-refractivity contribution in [2.24, 2.45) is 0 Å². The minimum absolute atomic E-state index is 0.0191. The summed E-state index contributed by atoms with van der Waals surface area (Å²) in [6.07, 6.45) is 1.68. The van der Waals surface area contributed by atoms with Crippen molar-refractivity contribution in [2.45, 2.75) is 30.8 Å². The third-order valence-corrected chi connectivity index (χ3v) is 6.75. The first-order valence-corrected chi connectivity index (χ1v) is 12.0. The molecule has 0 aromatic heterocycles. The number of urea groups is 1. The van der Waals surface area contributed by atoms with E-state index in [1.54, 1.807) is 4.90 Å². The van der Waals surface area contributed by atoms with Gasteiger partial charge in [0.15, 0.2) is 0 Å². The molecule has 186 valence electrons. The van der Waals surface area contributed by atoms with Crippen molar-refractivity contribution in [1.29, 1.82) is 0 Å². The molecule has 8 heteroatoms. The quantitative estimate of drug-likeness (QED) is 0.657. The fraction of sp³-hybridized carbons (Fsp3) is 0.444. The normalized spacial score (nSPS) is 22.3. The maximum absolute atomic E-state index is 14.1. The van der Waals surface area contributed by atoms with E-state index in [9.17, 15) is 18.7 Å². The summed E-state index contributed by atoms with van der Waals surface area (Å²) in [5, 5.41) is 12.7. The van der Waals surface area contributed by atoms with Crippen LogP contribution in [0.25, 0.3) is 0 Å². The smallest absolute Gasteiger partial charge is 0.321 e. The van der Waals surface area contributed by atoms with E-state index in [1.807, 2.05) is 31.1 Å². The number of aliphatic hydroxyl groups is 1. The Balaban J connectivity index is 1.50. The van der Waals surface area contributed by atoms with Gasteiger partial charge in [-0.3, -0.25) is 9.80 Å².